The fraction of sp³-hybridized carbons (Fsp3) is 0.455. The molecule has 1 aliphatic heterocycles. The molecular weight excluding hydrogens is 181 g/mol. The summed E-state index contributed by atoms with van der Waals surface area (Å²) in [5.74, 6) is -0.0361. The first-order valence-electron chi connectivity index (χ1n) is 4.74. The van der Waals surface area contributed by atoms with E-state index < -0.39 is 0 Å². The van der Waals surface area contributed by atoms with Crippen LogP contribution in [0.25, 0.3) is 0 Å². The number of benzene rings is 1. The molecule has 0 unspecified atom stereocenters. The first-order valence-corrected chi connectivity index (χ1v) is 4.74. The van der Waals surface area contributed by atoms with Crippen LogP contribution in [0.15, 0.2) is 12.1 Å². The number of aromatic hydroxyl groups is 1. The summed E-state index contributed by atoms with van der Waals surface area (Å²) in [4.78, 5) is 0. The van der Waals surface area contributed by atoms with E-state index in [1.807, 2.05) is 13.8 Å². The van der Waals surface area contributed by atoms with Gasteiger partial charge in [0, 0.05) is 29.6 Å². The van der Waals surface area contributed by atoms with Crippen molar-refractivity contribution in [1.82, 2.24) is 5.32 Å². The summed E-state index contributed by atoms with van der Waals surface area (Å²) in [6.45, 7) is 5.23. The molecule has 0 amide bonds. The highest BCUT2D eigenvalue weighted by Gasteiger charge is 2.31. The fourth-order valence-corrected chi connectivity index (χ4v) is 2.11. The molecular formula is C11H14FNO. The molecule has 0 aliphatic carbocycles. The van der Waals surface area contributed by atoms with Crippen LogP contribution in [0.4, 0.5) is 4.39 Å². The van der Waals surface area contributed by atoms with E-state index in [-0.39, 0.29) is 17.0 Å². The lowest BCUT2D eigenvalue weighted by atomic mass is 9.78. The Morgan fingerprint density at radius 2 is 2.14 bits per heavy atom. The average Bonchev–Trinajstić information content (AvgIpc) is 2.10. The third-order valence-electron chi connectivity index (χ3n) is 2.78. The summed E-state index contributed by atoms with van der Waals surface area (Å²) in [6, 6.07) is 2.75. The zero-order valence-corrected chi connectivity index (χ0v) is 8.39. The van der Waals surface area contributed by atoms with Gasteiger partial charge < -0.3 is 10.4 Å². The van der Waals surface area contributed by atoms with Crippen molar-refractivity contribution >= 4 is 0 Å². The van der Waals surface area contributed by atoms with Crippen LogP contribution in [0.5, 0.6) is 5.75 Å². The fourth-order valence-electron chi connectivity index (χ4n) is 2.11. The van der Waals surface area contributed by atoms with Crippen molar-refractivity contribution in [2.45, 2.75) is 25.8 Å². The van der Waals surface area contributed by atoms with Crippen molar-refractivity contribution in [2.75, 3.05) is 6.54 Å². The summed E-state index contributed by atoms with van der Waals surface area (Å²) in [7, 11) is 0. The molecule has 2 rings (SSSR count). The van der Waals surface area contributed by atoms with Crippen LogP contribution in [0.1, 0.15) is 25.0 Å². The van der Waals surface area contributed by atoms with E-state index in [9.17, 15) is 9.50 Å². The topological polar surface area (TPSA) is 32.3 Å². The molecule has 0 aromatic heterocycles. The normalized spacial score (nSPS) is 19.1. The lowest BCUT2D eigenvalue weighted by molar-refractivity contribution is 0.390. The molecule has 76 valence electrons. The number of rotatable bonds is 0. The molecule has 0 radical (unpaired) electrons. The summed E-state index contributed by atoms with van der Waals surface area (Å²) in [6.07, 6.45) is 0. The van der Waals surface area contributed by atoms with Gasteiger partial charge in [-0.15, -0.1) is 0 Å². The van der Waals surface area contributed by atoms with Crippen molar-refractivity contribution in [2.24, 2.45) is 0 Å². The maximum atomic E-state index is 13.6. The minimum atomic E-state index is -0.254. The number of nitrogens with one attached hydrogen (secondary N) is 1. The van der Waals surface area contributed by atoms with Crippen molar-refractivity contribution in [3.63, 3.8) is 0 Å². The highest BCUT2D eigenvalue weighted by atomic mass is 19.1. The summed E-state index contributed by atoms with van der Waals surface area (Å²) in [5, 5.41) is 12.8. The second-order valence-corrected chi connectivity index (χ2v) is 4.41. The number of hydrogen-bond acceptors (Lipinski definition) is 2. The molecule has 3 heteroatoms. The summed E-state index contributed by atoms with van der Waals surface area (Å²) >= 11 is 0. The van der Waals surface area contributed by atoms with Crippen molar-refractivity contribution in [1.29, 1.82) is 0 Å². The summed E-state index contributed by atoms with van der Waals surface area (Å²) in [5.41, 5.74) is 1.09. The number of halogens is 1. The predicted octanol–water partition coefficient (Wildman–Crippen LogP) is 1.91. The molecule has 0 saturated carbocycles. The highest BCUT2D eigenvalue weighted by molar-refractivity contribution is 5.45. The highest BCUT2D eigenvalue weighted by Crippen LogP contribution is 2.35. The molecule has 0 spiro atoms. The van der Waals surface area contributed by atoms with Gasteiger partial charge in [-0.25, -0.2) is 4.39 Å². The smallest absolute Gasteiger partial charge is 0.127 e. The molecule has 14 heavy (non-hydrogen) atoms. The first kappa shape index (κ1) is 9.46. The van der Waals surface area contributed by atoms with Gasteiger partial charge >= 0.3 is 0 Å². The molecule has 1 aromatic rings. The van der Waals surface area contributed by atoms with Gasteiger partial charge in [0.2, 0.25) is 0 Å². The Morgan fingerprint density at radius 1 is 1.43 bits per heavy atom. The van der Waals surface area contributed by atoms with Crippen LogP contribution in [0.2, 0.25) is 0 Å². The second-order valence-electron chi connectivity index (χ2n) is 4.41. The molecule has 0 fully saturated rings. The maximum absolute atomic E-state index is 13.6. The van der Waals surface area contributed by atoms with E-state index in [4.69, 9.17) is 0 Å². The van der Waals surface area contributed by atoms with Crippen LogP contribution in [0.3, 0.4) is 0 Å². The van der Waals surface area contributed by atoms with Gasteiger partial charge in [-0.05, 0) is 12.1 Å². The van der Waals surface area contributed by atoms with Crippen LogP contribution in [0, 0.1) is 5.82 Å². The monoisotopic (exact) mass is 195 g/mol. The molecule has 2 nitrogen and oxygen atoms in total. The van der Waals surface area contributed by atoms with E-state index in [1.54, 1.807) is 0 Å². The van der Waals surface area contributed by atoms with E-state index >= 15 is 0 Å². The minimum Gasteiger partial charge on any atom is -0.508 e. The minimum absolute atomic E-state index is 0.182. The first-order chi connectivity index (χ1) is 6.52. The van der Waals surface area contributed by atoms with Gasteiger partial charge in [0.05, 0.1) is 0 Å². The van der Waals surface area contributed by atoms with E-state index in [0.29, 0.717) is 17.7 Å². The van der Waals surface area contributed by atoms with Gasteiger partial charge in [-0.3, -0.25) is 0 Å². The Kier molecular flexibility index (Phi) is 2.00. The SMILES string of the molecule is CC1(C)CNCc2c(O)ccc(F)c21. The van der Waals surface area contributed by atoms with Crippen molar-refractivity contribution in [3.05, 3.63) is 29.1 Å². The van der Waals surface area contributed by atoms with Crippen LogP contribution >= 0.6 is 0 Å². The standard InChI is InChI=1S/C11H14FNO/c1-11(2)6-13-5-7-9(14)4-3-8(12)10(7)11/h3-4,13-14H,5-6H2,1-2H3. The molecule has 2 N–H and O–H groups in total. The molecule has 1 heterocycles. The lowest BCUT2D eigenvalue weighted by Crippen LogP contribution is -2.39. The largest absolute Gasteiger partial charge is 0.508 e. The van der Waals surface area contributed by atoms with Crippen molar-refractivity contribution in [3.8, 4) is 5.75 Å². The third-order valence-corrected chi connectivity index (χ3v) is 2.78. The van der Waals surface area contributed by atoms with E-state index in [1.165, 1.54) is 12.1 Å². The molecule has 1 aliphatic rings. The molecule has 0 bridgehead atoms. The van der Waals surface area contributed by atoms with Gasteiger partial charge in [0.1, 0.15) is 11.6 Å². The molecule has 0 saturated heterocycles. The van der Waals surface area contributed by atoms with Gasteiger partial charge in [0.25, 0.3) is 0 Å². The Balaban J connectivity index is 2.67. The number of phenols is 1. The molecule has 1 aromatic carbocycles. The van der Waals surface area contributed by atoms with Crippen LogP contribution in [-0.2, 0) is 12.0 Å². The Hall–Kier alpha value is -1.09. The maximum Gasteiger partial charge on any atom is 0.127 e. The number of hydrogen-bond donors (Lipinski definition) is 2. The predicted molar refractivity (Wildman–Crippen MR) is 52.8 cm³/mol. The van der Waals surface area contributed by atoms with E-state index in [2.05, 4.69) is 5.32 Å². The Bertz CT molecular complexity index is 374. The summed E-state index contributed by atoms with van der Waals surface area (Å²) < 4.78 is 13.6. The average molecular weight is 195 g/mol. The molecule has 0 atom stereocenters. The lowest BCUT2D eigenvalue weighted by Gasteiger charge is -2.33. The third kappa shape index (κ3) is 1.28. The van der Waals surface area contributed by atoms with Crippen LogP contribution < -0.4 is 5.32 Å². The number of phenolic OH excluding ortho intramolecular Hbond substituents is 1. The zero-order valence-electron chi connectivity index (χ0n) is 8.39. The Morgan fingerprint density at radius 3 is 2.79 bits per heavy atom. The number of fused-ring (bicyclic) bond motifs is 1. The van der Waals surface area contributed by atoms with Gasteiger partial charge in [-0.1, -0.05) is 13.8 Å². The zero-order chi connectivity index (χ0) is 10.3. The quantitative estimate of drug-likeness (QED) is 0.662. The van der Waals surface area contributed by atoms with Gasteiger partial charge in [-0.2, -0.15) is 0 Å². The van der Waals surface area contributed by atoms with Gasteiger partial charge in [0.15, 0.2) is 0 Å². The second kappa shape index (κ2) is 2.95. The van der Waals surface area contributed by atoms with Crippen molar-refractivity contribution < 1.29 is 9.50 Å². The van der Waals surface area contributed by atoms with Crippen LogP contribution in [-0.4, -0.2) is 11.7 Å². The Labute approximate surface area is 82.8 Å². The van der Waals surface area contributed by atoms with E-state index in [0.717, 1.165) is 6.54 Å².